The van der Waals surface area contributed by atoms with Gasteiger partial charge in [-0.25, -0.2) is 22.7 Å². The van der Waals surface area contributed by atoms with Crippen LogP contribution >= 0.6 is 0 Å². The van der Waals surface area contributed by atoms with Gasteiger partial charge in [-0.05, 0) is 24.3 Å². The molecule has 0 radical (unpaired) electrons. The third-order valence-corrected chi connectivity index (χ3v) is 5.53. The van der Waals surface area contributed by atoms with Crippen molar-refractivity contribution in [2.45, 2.75) is 13.0 Å². The minimum absolute atomic E-state index is 0.00417. The number of rotatable bonds is 7. The molecular formula is C25H19F3N6O2. The summed E-state index contributed by atoms with van der Waals surface area (Å²) >= 11 is 0. The second-order valence-electron chi connectivity index (χ2n) is 7.83. The number of hydrogen-bond acceptors (Lipinski definition) is 5. The number of fused-ring (bicyclic) bond motifs is 1. The van der Waals surface area contributed by atoms with E-state index in [2.05, 4.69) is 20.5 Å². The lowest BCUT2D eigenvalue weighted by molar-refractivity contribution is 0.102. The fourth-order valence-corrected chi connectivity index (χ4v) is 3.81. The Morgan fingerprint density at radius 2 is 1.86 bits per heavy atom. The number of nitrogens with one attached hydrogen (secondary N) is 1. The van der Waals surface area contributed by atoms with Gasteiger partial charge in [-0.15, -0.1) is 0 Å². The second-order valence-corrected chi connectivity index (χ2v) is 7.83. The molecule has 5 rings (SSSR count). The Balaban J connectivity index is 1.47. The molecule has 8 nitrogen and oxygen atoms in total. The Kier molecular flexibility index (Phi) is 6.11. The number of alkyl halides is 2. The summed E-state index contributed by atoms with van der Waals surface area (Å²) in [5.74, 6) is -0.528. The zero-order valence-corrected chi connectivity index (χ0v) is 18.9. The van der Waals surface area contributed by atoms with E-state index in [1.54, 1.807) is 42.5 Å². The highest BCUT2D eigenvalue weighted by atomic mass is 19.3. The van der Waals surface area contributed by atoms with Gasteiger partial charge < -0.3 is 10.1 Å². The van der Waals surface area contributed by atoms with Gasteiger partial charge in [0.15, 0.2) is 5.65 Å². The van der Waals surface area contributed by atoms with Gasteiger partial charge in [0.1, 0.15) is 22.8 Å². The van der Waals surface area contributed by atoms with Crippen molar-refractivity contribution >= 4 is 17.2 Å². The maximum absolute atomic E-state index is 13.9. The minimum atomic E-state index is -2.86. The molecule has 0 aliphatic heterocycles. The van der Waals surface area contributed by atoms with Crippen molar-refractivity contribution in [2.75, 3.05) is 12.4 Å². The highest BCUT2D eigenvalue weighted by Crippen LogP contribution is 2.32. The van der Waals surface area contributed by atoms with E-state index in [1.807, 2.05) is 0 Å². The van der Waals surface area contributed by atoms with Crippen LogP contribution in [0.4, 0.5) is 18.9 Å². The number of nitrogens with zero attached hydrogens (tertiary/aromatic N) is 5. The summed E-state index contributed by atoms with van der Waals surface area (Å²) in [6.07, 6.45) is 1.26. The molecule has 0 atom stereocenters. The second kappa shape index (κ2) is 9.53. The van der Waals surface area contributed by atoms with E-state index in [1.165, 1.54) is 42.5 Å². The minimum Gasteiger partial charge on any atom is -0.496 e. The summed E-state index contributed by atoms with van der Waals surface area (Å²) in [6.45, 7) is 0.167. The first kappa shape index (κ1) is 23.1. The molecule has 0 saturated carbocycles. The Labute approximate surface area is 203 Å². The number of benzene rings is 2. The Bertz CT molecular complexity index is 1560. The Morgan fingerprint density at radius 3 is 2.64 bits per heavy atom. The molecule has 3 heterocycles. The predicted octanol–water partition coefficient (Wildman–Crippen LogP) is 4.98. The fourth-order valence-electron chi connectivity index (χ4n) is 3.81. The lowest BCUT2D eigenvalue weighted by atomic mass is 10.1. The zero-order valence-electron chi connectivity index (χ0n) is 18.9. The maximum Gasteiger partial charge on any atom is 0.280 e. The number of halogens is 3. The van der Waals surface area contributed by atoms with Crippen LogP contribution in [0.15, 0.2) is 73.2 Å². The van der Waals surface area contributed by atoms with Gasteiger partial charge in [-0.1, -0.05) is 30.3 Å². The molecule has 11 heteroatoms. The van der Waals surface area contributed by atoms with E-state index in [0.29, 0.717) is 22.6 Å². The van der Waals surface area contributed by atoms with Crippen molar-refractivity contribution in [1.82, 2.24) is 24.4 Å². The monoisotopic (exact) mass is 492 g/mol. The Morgan fingerprint density at radius 1 is 1.08 bits per heavy atom. The molecule has 0 spiro atoms. The largest absolute Gasteiger partial charge is 0.496 e. The molecule has 0 unspecified atom stereocenters. The average Bonchev–Trinajstić information content (AvgIpc) is 3.51. The van der Waals surface area contributed by atoms with E-state index >= 15 is 0 Å². The van der Waals surface area contributed by atoms with Crippen LogP contribution in [0, 0.1) is 5.82 Å². The topological polar surface area (TPSA) is 86.3 Å². The summed E-state index contributed by atoms with van der Waals surface area (Å²) in [5, 5.41) is 10.8. The molecule has 0 saturated heterocycles. The van der Waals surface area contributed by atoms with Crippen LogP contribution in [0.5, 0.6) is 5.75 Å². The number of para-hydroxylation sites is 1. The van der Waals surface area contributed by atoms with Crippen LogP contribution in [0.1, 0.15) is 28.0 Å². The van der Waals surface area contributed by atoms with Gasteiger partial charge in [-0.2, -0.15) is 10.2 Å². The number of hydrogen-bond donors (Lipinski definition) is 1. The molecule has 3 aromatic heterocycles. The molecule has 1 amide bonds. The quantitative estimate of drug-likeness (QED) is 0.346. The average molecular weight is 492 g/mol. The molecule has 2 aromatic carbocycles. The molecule has 1 N–H and O–H groups in total. The van der Waals surface area contributed by atoms with Crippen molar-refractivity contribution in [2.24, 2.45) is 0 Å². The summed E-state index contributed by atoms with van der Waals surface area (Å²) in [5.41, 5.74) is 1.02. The number of ether oxygens (including phenoxy) is 1. The summed E-state index contributed by atoms with van der Waals surface area (Å²) < 4.78 is 49.5. The number of methoxy groups -OCH3 is 1. The molecule has 0 fully saturated rings. The van der Waals surface area contributed by atoms with Crippen molar-refractivity contribution in [3.05, 3.63) is 95.8 Å². The zero-order chi connectivity index (χ0) is 25.2. The summed E-state index contributed by atoms with van der Waals surface area (Å²) in [7, 11) is 1.47. The first-order valence-corrected chi connectivity index (χ1v) is 10.8. The van der Waals surface area contributed by atoms with Crippen LogP contribution in [0.3, 0.4) is 0 Å². The van der Waals surface area contributed by atoms with E-state index in [0.717, 1.165) is 4.52 Å². The van der Waals surface area contributed by atoms with Crippen LogP contribution in [0.25, 0.3) is 16.9 Å². The number of carbonyl (C=O) groups excluding carboxylic acids is 1. The van der Waals surface area contributed by atoms with Gasteiger partial charge in [0, 0.05) is 17.3 Å². The number of carbonyl (C=O) groups is 1. The maximum atomic E-state index is 13.9. The van der Waals surface area contributed by atoms with Crippen molar-refractivity contribution in [1.29, 1.82) is 0 Å². The van der Waals surface area contributed by atoms with E-state index in [9.17, 15) is 18.0 Å². The van der Waals surface area contributed by atoms with Gasteiger partial charge in [0.05, 0.1) is 37.4 Å². The lowest BCUT2D eigenvalue weighted by Gasteiger charge is -2.11. The number of aromatic nitrogens is 5. The third-order valence-electron chi connectivity index (χ3n) is 5.53. The smallest absolute Gasteiger partial charge is 0.280 e. The lowest BCUT2D eigenvalue weighted by Crippen LogP contribution is -2.12. The highest BCUT2D eigenvalue weighted by molar-refractivity contribution is 6.08. The van der Waals surface area contributed by atoms with Crippen LogP contribution < -0.4 is 10.1 Å². The van der Waals surface area contributed by atoms with Crippen LogP contribution in [-0.4, -0.2) is 37.4 Å². The van der Waals surface area contributed by atoms with Gasteiger partial charge in [-0.3, -0.25) is 9.48 Å². The van der Waals surface area contributed by atoms with Gasteiger partial charge >= 0.3 is 0 Å². The van der Waals surface area contributed by atoms with Crippen molar-refractivity contribution in [3.8, 4) is 17.0 Å². The molecule has 0 aliphatic carbocycles. The SMILES string of the molecule is COc1ccccc1-c1cc(C(F)F)n2ncc(C(=O)Nc3cnn(Cc4ccccc4F)c3)c2n1. The van der Waals surface area contributed by atoms with Crippen LogP contribution in [-0.2, 0) is 6.54 Å². The predicted molar refractivity (Wildman–Crippen MR) is 126 cm³/mol. The molecule has 182 valence electrons. The van der Waals surface area contributed by atoms with Gasteiger partial charge in [0.25, 0.3) is 12.3 Å². The van der Waals surface area contributed by atoms with E-state index in [-0.39, 0.29) is 29.3 Å². The first-order chi connectivity index (χ1) is 17.4. The normalized spacial score (nSPS) is 11.2. The van der Waals surface area contributed by atoms with Crippen molar-refractivity contribution < 1.29 is 22.7 Å². The number of amides is 1. The van der Waals surface area contributed by atoms with Crippen LogP contribution in [0.2, 0.25) is 0 Å². The summed E-state index contributed by atoms with van der Waals surface area (Å²) in [6, 6.07) is 14.4. The van der Waals surface area contributed by atoms with E-state index < -0.39 is 18.0 Å². The summed E-state index contributed by atoms with van der Waals surface area (Å²) in [4.78, 5) is 17.5. The molecular weight excluding hydrogens is 473 g/mol. The fraction of sp³-hybridized carbons (Fsp3) is 0.120. The molecule has 0 aliphatic rings. The Hall–Kier alpha value is -4.67. The third kappa shape index (κ3) is 4.38. The molecule has 36 heavy (non-hydrogen) atoms. The van der Waals surface area contributed by atoms with Gasteiger partial charge in [0.2, 0.25) is 0 Å². The van der Waals surface area contributed by atoms with Crippen molar-refractivity contribution in [3.63, 3.8) is 0 Å². The van der Waals surface area contributed by atoms with E-state index in [4.69, 9.17) is 4.74 Å². The standard InChI is InChI=1S/C25H19F3N6O2/c1-36-22-9-5-3-7-17(22)20-10-21(23(27)28)34-24(32-20)18(12-30-34)25(35)31-16-11-29-33(14-16)13-15-6-2-4-8-19(15)26/h2-12,14,23H,13H2,1H3,(H,31,35). The molecule has 0 bridgehead atoms. The first-order valence-electron chi connectivity index (χ1n) is 10.8. The number of anilines is 1. The highest BCUT2D eigenvalue weighted by Gasteiger charge is 2.23. The molecule has 5 aromatic rings.